The zero-order valence-electron chi connectivity index (χ0n) is 53.7. The van der Waals surface area contributed by atoms with Crippen molar-refractivity contribution in [3.8, 4) is 0 Å². The van der Waals surface area contributed by atoms with Gasteiger partial charge in [0, 0.05) is 12.8 Å². The highest BCUT2D eigenvalue weighted by molar-refractivity contribution is 7.45. The summed E-state index contributed by atoms with van der Waals surface area (Å²) in [6, 6.07) is 0. The first kappa shape index (κ1) is 78.7. The van der Waals surface area contributed by atoms with Crippen LogP contribution < -0.4 is 4.89 Å². The Kier molecular flexibility index (Phi) is 59.7. The van der Waals surface area contributed by atoms with Gasteiger partial charge in [-0.05, 0) is 83.5 Å². The van der Waals surface area contributed by atoms with E-state index in [1.54, 1.807) is 0 Å². The molecule has 0 radical (unpaired) electrons. The van der Waals surface area contributed by atoms with E-state index in [-0.39, 0.29) is 32.0 Å². The van der Waals surface area contributed by atoms with Crippen LogP contribution in [0.2, 0.25) is 0 Å². The van der Waals surface area contributed by atoms with Crippen LogP contribution in [-0.2, 0) is 32.7 Å². The molecule has 0 aliphatic rings. The molecule has 0 aromatic carbocycles. The Morgan fingerprint density at radius 3 is 1.04 bits per heavy atom. The van der Waals surface area contributed by atoms with Gasteiger partial charge in [0.05, 0.1) is 27.7 Å². The number of unbranched alkanes of at least 4 members (excludes halogenated alkanes) is 29. The average molecular weight is 1160 g/mol. The van der Waals surface area contributed by atoms with Gasteiger partial charge in [0.15, 0.2) is 6.10 Å². The molecule has 0 saturated carbocycles. The number of carbonyl (C=O) groups excluding carboxylic acids is 2. The van der Waals surface area contributed by atoms with Crippen molar-refractivity contribution in [3.05, 3.63) is 109 Å². The van der Waals surface area contributed by atoms with Crippen molar-refractivity contribution in [2.75, 3.05) is 47.5 Å². The van der Waals surface area contributed by atoms with Crippen LogP contribution in [-0.4, -0.2) is 70.0 Å². The van der Waals surface area contributed by atoms with Crippen molar-refractivity contribution in [2.45, 2.75) is 290 Å². The van der Waals surface area contributed by atoms with E-state index in [4.69, 9.17) is 18.5 Å². The molecule has 9 nitrogen and oxygen atoms in total. The number of phosphoric acid groups is 1. The van der Waals surface area contributed by atoms with Crippen LogP contribution in [0.1, 0.15) is 284 Å². The van der Waals surface area contributed by atoms with Crippen molar-refractivity contribution in [2.24, 2.45) is 0 Å². The zero-order valence-corrected chi connectivity index (χ0v) is 54.6. The van der Waals surface area contributed by atoms with E-state index in [0.29, 0.717) is 17.4 Å². The first-order valence-electron chi connectivity index (χ1n) is 33.6. The molecule has 2 unspecified atom stereocenters. The van der Waals surface area contributed by atoms with Crippen LogP contribution in [0, 0.1) is 0 Å². The summed E-state index contributed by atoms with van der Waals surface area (Å²) < 4.78 is 34.3. The number of quaternary nitrogens is 1. The van der Waals surface area contributed by atoms with Crippen LogP contribution in [0.5, 0.6) is 0 Å². The minimum absolute atomic E-state index is 0.0390. The van der Waals surface area contributed by atoms with Crippen molar-refractivity contribution in [1.82, 2.24) is 0 Å². The third-order valence-electron chi connectivity index (χ3n) is 14.3. The van der Waals surface area contributed by atoms with Gasteiger partial charge in [0.25, 0.3) is 7.82 Å². The molecular formula is C72H126NO8P. The predicted molar refractivity (Wildman–Crippen MR) is 351 cm³/mol. The summed E-state index contributed by atoms with van der Waals surface area (Å²) in [5.74, 6) is -0.852. The highest BCUT2D eigenvalue weighted by atomic mass is 31.2. The number of esters is 2. The Labute approximate surface area is 506 Å². The van der Waals surface area contributed by atoms with E-state index in [1.165, 1.54) is 141 Å². The van der Waals surface area contributed by atoms with Crippen LogP contribution >= 0.6 is 7.82 Å². The Morgan fingerprint density at radius 2 is 0.695 bits per heavy atom. The molecule has 0 spiro atoms. The zero-order chi connectivity index (χ0) is 59.8. The summed E-state index contributed by atoms with van der Waals surface area (Å²) in [6.45, 7) is 4.13. The molecule has 82 heavy (non-hydrogen) atoms. The summed E-state index contributed by atoms with van der Waals surface area (Å²) in [7, 11) is 1.15. The second-order valence-electron chi connectivity index (χ2n) is 23.5. The molecule has 0 aliphatic carbocycles. The molecule has 0 fully saturated rings. The standard InChI is InChI=1S/C72H126NO8P/c1-6-8-10-12-14-16-18-20-22-24-26-28-30-32-33-34-35-36-37-38-39-41-43-45-47-49-51-53-55-57-59-61-63-65-72(75)81-70(69-80-82(76,77)79-67-66-73(3,4)5)68-78-71(74)64-62-60-58-56-54-52-50-48-46-44-42-40-31-29-27-25-23-21-19-17-15-13-11-9-7-2/h8,10,14,16,20,22,26,28,32-33,35-36,38-39,43,45,49,51,70H,6-7,9,11-13,15,17-19,21,23-25,27,29-31,34,37,40-42,44,46-48,50,52-69H2,1-5H3/b10-8-,16-14-,22-20-,28-26-,33-32-,36-35-,39-38-,45-43-,51-49-. The molecule has 472 valence electrons. The monoisotopic (exact) mass is 1160 g/mol. The first-order chi connectivity index (χ1) is 40.0. The Bertz CT molecular complexity index is 1750. The van der Waals surface area contributed by atoms with Gasteiger partial charge >= 0.3 is 11.9 Å². The van der Waals surface area contributed by atoms with Gasteiger partial charge in [0.1, 0.15) is 19.8 Å². The third-order valence-corrected chi connectivity index (χ3v) is 15.3. The maximum atomic E-state index is 12.8. The number of nitrogens with zero attached hydrogens (tertiary/aromatic N) is 1. The van der Waals surface area contributed by atoms with E-state index in [2.05, 4.69) is 123 Å². The molecule has 2 atom stereocenters. The van der Waals surface area contributed by atoms with E-state index < -0.39 is 26.5 Å². The molecule has 0 heterocycles. The number of hydrogen-bond donors (Lipinski definition) is 0. The smallest absolute Gasteiger partial charge is 0.306 e. The molecule has 0 amide bonds. The molecule has 0 saturated heterocycles. The number of ether oxygens (including phenoxy) is 2. The summed E-state index contributed by atoms with van der Waals surface area (Å²) in [4.78, 5) is 38.0. The second-order valence-corrected chi connectivity index (χ2v) is 24.9. The van der Waals surface area contributed by atoms with Crippen LogP contribution in [0.15, 0.2) is 109 Å². The molecule has 10 heteroatoms. The highest BCUT2D eigenvalue weighted by Crippen LogP contribution is 2.38. The fourth-order valence-corrected chi connectivity index (χ4v) is 9.91. The Hall–Kier alpha value is -3.33. The number of allylic oxidation sites excluding steroid dienone is 18. The number of likely N-dealkylation sites (N-methyl/N-ethyl adjacent to an activating group) is 1. The summed E-state index contributed by atoms with van der Waals surface area (Å²) in [6.07, 6.45) is 87.3. The van der Waals surface area contributed by atoms with Gasteiger partial charge in [-0.2, -0.15) is 0 Å². The minimum atomic E-state index is -4.65. The highest BCUT2D eigenvalue weighted by Gasteiger charge is 2.22. The quantitative estimate of drug-likeness (QED) is 0.0195. The number of carbonyl (C=O) groups is 2. The van der Waals surface area contributed by atoms with Crippen molar-refractivity contribution < 1.29 is 42.1 Å². The van der Waals surface area contributed by atoms with E-state index in [1.807, 2.05) is 21.1 Å². The number of hydrogen-bond acceptors (Lipinski definition) is 8. The lowest BCUT2D eigenvalue weighted by molar-refractivity contribution is -0.870. The van der Waals surface area contributed by atoms with Crippen molar-refractivity contribution in [3.63, 3.8) is 0 Å². The lowest BCUT2D eigenvalue weighted by Gasteiger charge is -2.28. The SMILES string of the molecule is CC/C=C\C/C=C\C/C=C\C/C=C\C/C=C\C/C=C\C/C=C\C/C=C\C/C=C\CCCCCCCC(=O)OC(COC(=O)CCCCCCCCCCCCCCCCCCCCCCCCCCC)COP(=O)([O-])OCC[N+](C)(C)C. The fraction of sp³-hybridized carbons (Fsp3) is 0.722. The van der Waals surface area contributed by atoms with Crippen LogP contribution in [0.3, 0.4) is 0 Å². The molecule has 0 aromatic heterocycles. The van der Waals surface area contributed by atoms with Gasteiger partial charge in [-0.3, -0.25) is 14.2 Å². The van der Waals surface area contributed by atoms with E-state index in [9.17, 15) is 19.0 Å². The number of phosphoric ester groups is 1. The van der Waals surface area contributed by atoms with Crippen molar-refractivity contribution >= 4 is 19.8 Å². The topological polar surface area (TPSA) is 111 Å². The molecule has 0 aliphatic heterocycles. The molecule has 0 N–H and O–H groups in total. The maximum absolute atomic E-state index is 12.8. The number of rotatable bonds is 61. The van der Waals surface area contributed by atoms with Gasteiger partial charge < -0.3 is 27.9 Å². The summed E-state index contributed by atoms with van der Waals surface area (Å²) >= 11 is 0. The predicted octanol–water partition coefficient (Wildman–Crippen LogP) is 21.1. The van der Waals surface area contributed by atoms with Gasteiger partial charge in [-0.25, -0.2) is 0 Å². The van der Waals surface area contributed by atoms with Gasteiger partial charge in [0.2, 0.25) is 0 Å². The molecule has 0 bridgehead atoms. The lowest BCUT2D eigenvalue weighted by Crippen LogP contribution is -2.37. The first-order valence-corrected chi connectivity index (χ1v) is 35.1. The molecule has 0 aromatic rings. The fourth-order valence-electron chi connectivity index (χ4n) is 9.18. The van der Waals surface area contributed by atoms with Gasteiger partial charge in [-0.15, -0.1) is 0 Å². The maximum Gasteiger partial charge on any atom is 0.306 e. The van der Waals surface area contributed by atoms with Crippen LogP contribution in [0.4, 0.5) is 0 Å². The third kappa shape index (κ3) is 65.8. The molecule has 0 rings (SSSR count). The van der Waals surface area contributed by atoms with E-state index >= 15 is 0 Å². The van der Waals surface area contributed by atoms with E-state index in [0.717, 1.165) is 109 Å². The Balaban J connectivity index is 4.16. The summed E-state index contributed by atoms with van der Waals surface area (Å²) in [5, 5.41) is 0. The normalized spacial score (nSPS) is 13.9. The van der Waals surface area contributed by atoms with Crippen molar-refractivity contribution in [1.29, 1.82) is 0 Å². The largest absolute Gasteiger partial charge is 0.756 e. The second kappa shape index (κ2) is 62.2. The molecular weight excluding hydrogens is 1040 g/mol. The van der Waals surface area contributed by atoms with Gasteiger partial charge in [-0.1, -0.05) is 297 Å². The lowest BCUT2D eigenvalue weighted by atomic mass is 10.0. The summed E-state index contributed by atoms with van der Waals surface area (Å²) in [5.41, 5.74) is 0. The van der Waals surface area contributed by atoms with Crippen LogP contribution in [0.25, 0.3) is 0 Å². The minimum Gasteiger partial charge on any atom is -0.756 e. The Morgan fingerprint density at radius 1 is 0.390 bits per heavy atom. The average Bonchev–Trinajstić information content (AvgIpc) is 3.46.